The Balaban J connectivity index is 1.78. The number of aliphatic hydroxyl groups is 2. The molecule has 6 N–H and O–H groups in total. The van der Waals surface area contributed by atoms with E-state index in [2.05, 4.69) is 27.5 Å². The van der Waals surface area contributed by atoms with Crippen molar-refractivity contribution in [3.05, 3.63) is 11.8 Å². The monoisotopic (exact) mass is 405 g/mol. The molecule has 3 rings (SSSR count). The van der Waals surface area contributed by atoms with E-state index in [-0.39, 0.29) is 23.2 Å². The van der Waals surface area contributed by atoms with Crippen molar-refractivity contribution in [3.63, 3.8) is 0 Å². The molecule has 0 saturated heterocycles. The van der Waals surface area contributed by atoms with Crippen molar-refractivity contribution < 1.29 is 15.0 Å². The molecular formula is C21H35N5O3. The van der Waals surface area contributed by atoms with Gasteiger partial charge in [0.2, 0.25) is 5.95 Å². The molecule has 2 aliphatic carbocycles. The number of hydrogen-bond acceptors (Lipinski definition) is 7. The lowest BCUT2D eigenvalue weighted by Crippen LogP contribution is -2.47. The summed E-state index contributed by atoms with van der Waals surface area (Å²) in [6.07, 6.45) is 9.23. The Morgan fingerprint density at radius 3 is 2.55 bits per heavy atom. The Hall–Kier alpha value is -1.93. The highest BCUT2D eigenvalue weighted by molar-refractivity contribution is 5.97. The molecular weight excluding hydrogens is 370 g/mol. The lowest BCUT2D eigenvalue weighted by Gasteiger charge is -2.44. The van der Waals surface area contributed by atoms with Gasteiger partial charge in [0.25, 0.3) is 5.91 Å². The number of rotatable bonds is 7. The van der Waals surface area contributed by atoms with Crippen molar-refractivity contribution in [1.82, 2.24) is 9.97 Å². The number of carbonyl (C=O) groups excluding carboxylic acids is 1. The largest absolute Gasteiger partial charge is 0.393 e. The van der Waals surface area contributed by atoms with Crippen LogP contribution in [0.25, 0.3) is 0 Å². The molecule has 0 aliphatic heterocycles. The first-order valence-electron chi connectivity index (χ1n) is 10.9. The average molecular weight is 406 g/mol. The van der Waals surface area contributed by atoms with Crippen molar-refractivity contribution in [2.45, 2.75) is 101 Å². The van der Waals surface area contributed by atoms with Crippen molar-refractivity contribution in [1.29, 1.82) is 0 Å². The Bertz CT molecular complexity index is 718. The zero-order valence-corrected chi connectivity index (χ0v) is 17.6. The van der Waals surface area contributed by atoms with Crippen LogP contribution >= 0.6 is 0 Å². The molecule has 2 fully saturated rings. The summed E-state index contributed by atoms with van der Waals surface area (Å²) >= 11 is 0. The lowest BCUT2D eigenvalue weighted by molar-refractivity contribution is -0.0154. The third kappa shape index (κ3) is 5.17. The van der Waals surface area contributed by atoms with Crippen LogP contribution in [0.3, 0.4) is 0 Å². The Labute approximate surface area is 172 Å². The van der Waals surface area contributed by atoms with E-state index < -0.39 is 11.5 Å². The highest BCUT2D eigenvalue weighted by Crippen LogP contribution is 2.40. The summed E-state index contributed by atoms with van der Waals surface area (Å²) in [6, 6.07) is 0.0500. The number of hydrogen-bond donors (Lipinski definition) is 5. The summed E-state index contributed by atoms with van der Waals surface area (Å²) in [5.41, 5.74) is 5.03. The van der Waals surface area contributed by atoms with Gasteiger partial charge in [-0.15, -0.1) is 0 Å². The van der Waals surface area contributed by atoms with Gasteiger partial charge in [0.15, 0.2) is 0 Å². The van der Waals surface area contributed by atoms with Gasteiger partial charge in [0, 0.05) is 17.8 Å². The molecule has 29 heavy (non-hydrogen) atoms. The number of amides is 1. The first kappa shape index (κ1) is 21.8. The van der Waals surface area contributed by atoms with Crippen LogP contribution in [0.1, 0.15) is 88.4 Å². The van der Waals surface area contributed by atoms with Crippen LogP contribution < -0.4 is 16.4 Å². The maximum atomic E-state index is 11.9. The van der Waals surface area contributed by atoms with Gasteiger partial charge in [-0.3, -0.25) is 4.79 Å². The molecule has 8 heteroatoms. The van der Waals surface area contributed by atoms with Crippen LogP contribution in [0.15, 0.2) is 6.20 Å². The highest BCUT2D eigenvalue weighted by atomic mass is 16.3. The number of aliphatic hydroxyl groups excluding tert-OH is 1. The molecule has 0 unspecified atom stereocenters. The predicted octanol–water partition coefficient (Wildman–Crippen LogP) is 2.57. The van der Waals surface area contributed by atoms with E-state index in [1.165, 1.54) is 6.20 Å². The zero-order chi connectivity index (χ0) is 21.1. The van der Waals surface area contributed by atoms with Gasteiger partial charge in [-0.05, 0) is 64.2 Å². The summed E-state index contributed by atoms with van der Waals surface area (Å²) in [5.74, 6) is 0.296. The second kappa shape index (κ2) is 8.83. The molecule has 0 aromatic carbocycles. The summed E-state index contributed by atoms with van der Waals surface area (Å²) < 4.78 is 0. The molecule has 1 aromatic rings. The first-order valence-corrected chi connectivity index (χ1v) is 10.9. The van der Waals surface area contributed by atoms with Crippen LogP contribution in [0, 0.1) is 0 Å². The van der Waals surface area contributed by atoms with E-state index in [4.69, 9.17) is 5.73 Å². The summed E-state index contributed by atoms with van der Waals surface area (Å²) in [6.45, 7) is 4.15. The van der Waals surface area contributed by atoms with Gasteiger partial charge in [-0.2, -0.15) is 4.98 Å². The number of aromatic nitrogens is 2. The van der Waals surface area contributed by atoms with Crippen molar-refractivity contribution in [2.24, 2.45) is 5.73 Å². The van der Waals surface area contributed by atoms with Crippen LogP contribution in [-0.4, -0.2) is 49.4 Å². The van der Waals surface area contributed by atoms with E-state index >= 15 is 0 Å². The first-order chi connectivity index (χ1) is 13.8. The smallest absolute Gasteiger partial charge is 0.254 e. The van der Waals surface area contributed by atoms with E-state index in [1.807, 2.05) is 6.92 Å². The van der Waals surface area contributed by atoms with Gasteiger partial charge in [0.1, 0.15) is 5.82 Å². The average Bonchev–Trinajstić information content (AvgIpc) is 2.70. The second-order valence-electron chi connectivity index (χ2n) is 8.82. The van der Waals surface area contributed by atoms with E-state index in [0.717, 1.165) is 57.8 Å². The number of nitrogens with one attached hydrogen (secondary N) is 2. The maximum absolute atomic E-state index is 11.9. The molecule has 1 aromatic heterocycles. The molecule has 1 heterocycles. The number of nitrogens with zero attached hydrogens (tertiary/aromatic N) is 2. The Morgan fingerprint density at radius 1 is 1.24 bits per heavy atom. The lowest BCUT2D eigenvalue weighted by atomic mass is 9.72. The number of nitrogens with two attached hydrogens (primary N) is 1. The van der Waals surface area contributed by atoms with Crippen molar-refractivity contribution in [3.8, 4) is 0 Å². The topological polar surface area (TPSA) is 133 Å². The standard InChI is InChI=1S/C21H35N5O3/c1-3-20(8-10-21(29,4-2)11-9-20)26-19-23-13-16(17(22)28)18(25-19)24-14-6-5-7-15(27)12-14/h13-15,27,29H,3-12H2,1-2H3,(H2,22,28)(H2,23,24,25,26)/t14-,15+,20?,21?/m1/s1. The third-order valence-electron chi connectivity index (χ3n) is 6.89. The van der Waals surface area contributed by atoms with E-state index in [0.29, 0.717) is 18.2 Å². The van der Waals surface area contributed by atoms with Crippen LogP contribution in [-0.2, 0) is 0 Å². The quantitative estimate of drug-likeness (QED) is 0.471. The normalized spacial score (nSPS) is 32.6. The van der Waals surface area contributed by atoms with Gasteiger partial charge in [-0.25, -0.2) is 4.98 Å². The highest BCUT2D eigenvalue weighted by Gasteiger charge is 2.40. The predicted molar refractivity (Wildman–Crippen MR) is 113 cm³/mol. The zero-order valence-electron chi connectivity index (χ0n) is 17.6. The number of primary amides is 1. The minimum Gasteiger partial charge on any atom is -0.393 e. The molecule has 2 atom stereocenters. The van der Waals surface area contributed by atoms with Gasteiger partial charge >= 0.3 is 0 Å². The summed E-state index contributed by atoms with van der Waals surface area (Å²) in [4.78, 5) is 20.8. The van der Waals surface area contributed by atoms with Crippen LogP contribution in [0.4, 0.5) is 11.8 Å². The SMILES string of the molecule is CCC1(O)CCC(CC)(Nc2ncc(C(N)=O)c(N[C@@H]3CCC[C@H](O)C3)n2)CC1. The minimum absolute atomic E-state index is 0.0500. The van der Waals surface area contributed by atoms with Crippen LogP contribution in [0.5, 0.6) is 0 Å². The van der Waals surface area contributed by atoms with Gasteiger partial charge in [-0.1, -0.05) is 13.8 Å². The maximum Gasteiger partial charge on any atom is 0.254 e. The van der Waals surface area contributed by atoms with E-state index in [1.54, 1.807) is 0 Å². The molecule has 0 radical (unpaired) electrons. The van der Waals surface area contributed by atoms with Crippen LogP contribution in [0.2, 0.25) is 0 Å². The van der Waals surface area contributed by atoms with Crippen molar-refractivity contribution in [2.75, 3.05) is 10.6 Å². The molecule has 2 aliphatic rings. The van der Waals surface area contributed by atoms with Gasteiger partial charge < -0.3 is 26.6 Å². The molecule has 1 amide bonds. The fourth-order valence-electron chi connectivity index (χ4n) is 4.57. The van der Waals surface area contributed by atoms with Crippen molar-refractivity contribution >= 4 is 17.7 Å². The Morgan fingerprint density at radius 2 is 1.97 bits per heavy atom. The van der Waals surface area contributed by atoms with Gasteiger partial charge in [0.05, 0.1) is 17.3 Å². The fourth-order valence-corrected chi connectivity index (χ4v) is 4.57. The number of carbonyl (C=O) groups is 1. The Kier molecular flexibility index (Phi) is 6.63. The summed E-state index contributed by atoms with van der Waals surface area (Å²) in [5, 5.41) is 27.3. The fraction of sp³-hybridized carbons (Fsp3) is 0.762. The molecule has 0 spiro atoms. The molecule has 8 nitrogen and oxygen atoms in total. The summed E-state index contributed by atoms with van der Waals surface area (Å²) in [7, 11) is 0. The molecule has 2 saturated carbocycles. The minimum atomic E-state index is -0.578. The molecule has 162 valence electrons. The number of anilines is 2. The third-order valence-corrected chi connectivity index (χ3v) is 6.89. The molecule has 0 bridgehead atoms. The second-order valence-corrected chi connectivity index (χ2v) is 8.82. The van der Waals surface area contributed by atoms with E-state index in [9.17, 15) is 15.0 Å².